The van der Waals surface area contributed by atoms with Crippen molar-refractivity contribution in [3.05, 3.63) is 34.9 Å². The standard InChI is InChI=1S/C15H20Cl2N2O.ClH/c16-14-7-4-6-13(12-14)15(17)18-20-11-5-10-19-8-2-1-3-9-19;/h4,6-7,12H,1-3,5,8-11H2;1H. The molecule has 21 heavy (non-hydrogen) atoms. The molecule has 6 heteroatoms. The quantitative estimate of drug-likeness (QED) is 0.426. The molecule has 3 nitrogen and oxygen atoms in total. The molecule has 0 aliphatic carbocycles. The summed E-state index contributed by atoms with van der Waals surface area (Å²) in [6.07, 6.45) is 4.98. The van der Waals surface area contributed by atoms with Crippen LogP contribution in [0.1, 0.15) is 31.2 Å². The van der Waals surface area contributed by atoms with Gasteiger partial charge in [0, 0.05) is 17.1 Å². The van der Waals surface area contributed by atoms with Crippen molar-refractivity contribution in [3.63, 3.8) is 0 Å². The monoisotopic (exact) mass is 350 g/mol. The highest BCUT2D eigenvalue weighted by atomic mass is 35.5. The number of oxime groups is 1. The third-order valence-electron chi connectivity index (χ3n) is 3.37. The van der Waals surface area contributed by atoms with Crippen molar-refractivity contribution in [1.29, 1.82) is 0 Å². The van der Waals surface area contributed by atoms with Crippen LogP contribution in [-0.2, 0) is 4.84 Å². The van der Waals surface area contributed by atoms with E-state index in [-0.39, 0.29) is 12.4 Å². The number of halogens is 3. The SMILES string of the molecule is Cl.ClC(=NOCCCN1CCCCC1)c1cccc(Cl)c1. The maximum absolute atomic E-state index is 6.06. The molecule has 1 saturated heterocycles. The van der Waals surface area contributed by atoms with Gasteiger partial charge in [0.2, 0.25) is 0 Å². The molecule has 118 valence electrons. The minimum Gasteiger partial charge on any atom is -0.395 e. The molecule has 1 heterocycles. The molecule has 0 radical (unpaired) electrons. The Labute approximate surface area is 142 Å². The summed E-state index contributed by atoms with van der Waals surface area (Å²) < 4.78 is 0. The largest absolute Gasteiger partial charge is 0.395 e. The first kappa shape index (κ1) is 18.6. The van der Waals surface area contributed by atoms with Gasteiger partial charge in [-0.2, -0.15) is 0 Å². The summed E-state index contributed by atoms with van der Waals surface area (Å²) in [7, 11) is 0. The molecule has 0 bridgehead atoms. The minimum atomic E-state index is 0. The Morgan fingerprint density at radius 3 is 2.71 bits per heavy atom. The van der Waals surface area contributed by atoms with Gasteiger partial charge in [-0.25, -0.2) is 0 Å². The maximum atomic E-state index is 6.06. The number of rotatable bonds is 6. The highest BCUT2D eigenvalue weighted by molar-refractivity contribution is 6.69. The lowest BCUT2D eigenvalue weighted by Gasteiger charge is -2.25. The van der Waals surface area contributed by atoms with E-state index in [2.05, 4.69) is 10.1 Å². The van der Waals surface area contributed by atoms with Crippen molar-refractivity contribution in [2.24, 2.45) is 5.16 Å². The van der Waals surface area contributed by atoms with Crippen molar-refractivity contribution in [1.82, 2.24) is 4.90 Å². The second-order valence-electron chi connectivity index (χ2n) is 4.98. The van der Waals surface area contributed by atoms with E-state index in [1.807, 2.05) is 12.1 Å². The van der Waals surface area contributed by atoms with E-state index < -0.39 is 0 Å². The Bertz CT molecular complexity index is 448. The Balaban J connectivity index is 0.00000220. The van der Waals surface area contributed by atoms with Crippen LogP contribution in [0, 0.1) is 0 Å². The topological polar surface area (TPSA) is 24.8 Å². The molecule has 0 amide bonds. The van der Waals surface area contributed by atoms with Gasteiger partial charge >= 0.3 is 0 Å². The number of likely N-dealkylation sites (tertiary alicyclic amines) is 1. The van der Waals surface area contributed by atoms with E-state index in [0.717, 1.165) is 18.5 Å². The van der Waals surface area contributed by atoms with Crippen LogP contribution in [0.5, 0.6) is 0 Å². The van der Waals surface area contributed by atoms with Gasteiger partial charge < -0.3 is 9.74 Å². The van der Waals surface area contributed by atoms with Crippen LogP contribution in [0.15, 0.2) is 29.4 Å². The first-order chi connectivity index (χ1) is 9.75. The van der Waals surface area contributed by atoms with Crippen molar-refractivity contribution < 1.29 is 4.84 Å². The second-order valence-corrected chi connectivity index (χ2v) is 5.78. The lowest BCUT2D eigenvalue weighted by Crippen LogP contribution is -2.31. The molecule has 0 saturated carbocycles. The lowest BCUT2D eigenvalue weighted by atomic mass is 10.1. The summed E-state index contributed by atoms with van der Waals surface area (Å²) in [6, 6.07) is 7.26. The summed E-state index contributed by atoms with van der Waals surface area (Å²) >= 11 is 12.0. The molecule has 1 aromatic rings. The lowest BCUT2D eigenvalue weighted by molar-refractivity contribution is 0.125. The Morgan fingerprint density at radius 1 is 1.24 bits per heavy atom. The zero-order valence-electron chi connectivity index (χ0n) is 11.9. The van der Waals surface area contributed by atoms with E-state index in [1.54, 1.807) is 12.1 Å². The molecule has 2 rings (SSSR count). The predicted molar refractivity (Wildman–Crippen MR) is 92.0 cm³/mol. The number of hydrogen-bond acceptors (Lipinski definition) is 3. The highest BCUT2D eigenvalue weighted by Crippen LogP contribution is 2.13. The maximum Gasteiger partial charge on any atom is 0.175 e. The van der Waals surface area contributed by atoms with Gasteiger partial charge in [0.15, 0.2) is 5.17 Å². The summed E-state index contributed by atoms with van der Waals surface area (Å²) in [5.74, 6) is 0. The number of hydrogen-bond donors (Lipinski definition) is 0. The first-order valence-electron chi connectivity index (χ1n) is 7.09. The van der Waals surface area contributed by atoms with Gasteiger partial charge in [-0.05, 0) is 44.5 Å². The molecule has 0 aromatic heterocycles. The molecule has 1 fully saturated rings. The van der Waals surface area contributed by atoms with Crippen LogP contribution >= 0.6 is 35.6 Å². The smallest absolute Gasteiger partial charge is 0.175 e. The van der Waals surface area contributed by atoms with E-state index in [9.17, 15) is 0 Å². The minimum absolute atomic E-state index is 0. The number of piperidine rings is 1. The van der Waals surface area contributed by atoms with Gasteiger partial charge in [-0.15, -0.1) is 12.4 Å². The van der Waals surface area contributed by atoms with Crippen LogP contribution in [0.25, 0.3) is 0 Å². The summed E-state index contributed by atoms with van der Waals surface area (Å²) in [5.41, 5.74) is 0.773. The van der Waals surface area contributed by atoms with Gasteiger partial charge in [-0.3, -0.25) is 0 Å². The fourth-order valence-corrected chi connectivity index (χ4v) is 2.66. The average Bonchev–Trinajstić information content (AvgIpc) is 2.48. The summed E-state index contributed by atoms with van der Waals surface area (Å²) in [6.45, 7) is 4.09. The fourth-order valence-electron chi connectivity index (χ4n) is 2.31. The number of nitrogens with zero attached hydrogens (tertiary/aromatic N) is 2. The zero-order valence-corrected chi connectivity index (χ0v) is 14.3. The molecule has 0 spiro atoms. The van der Waals surface area contributed by atoms with Crippen LogP contribution in [0.2, 0.25) is 5.02 Å². The Morgan fingerprint density at radius 2 is 2.00 bits per heavy atom. The molecule has 1 aliphatic heterocycles. The van der Waals surface area contributed by atoms with Crippen LogP contribution < -0.4 is 0 Å². The van der Waals surface area contributed by atoms with Gasteiger partial charge in [0.25, 0.3) is 0 Å². The van der Waals surface area contributed by atoms with Gasteiger partial charge in [-0.1, -0.05) is 46.9 Å². The van der Waals surface area contributed by atoms with E-state index >= 15 is 0 Å². The normalized spacial score (nSPS) is 16.4. The summed E-state index contributed by atoms with van der Waals surface area (Å²) in [4.78, 5) is 7.75. The molecule has 0 unspecified atom stereocenters. The fraction of sp³-hybridized carbons (Fsp3) is 0.533. The van der Waals surface area contributed by atoms with Crippen molar-refractivity contribution in [2.45, 2.75) is 25.7 Å². The van der Waals surface area contributed by atoms with Crippen molar-refractivity contribution in [3.8, 4) is 0 Å². The molecule has 0 N–H and O–H groups in total. The second kappa shape index (κ2) is 10.3. The van der Waals surface area contributed by atoms with Gasteiger partial charge in [0.05, 0.1) is 0 Å². The zero-order chi connectivity index (χ0) is 14.2. The third-order valence-corrected chi connectivity index (χ3v) is 3.89. The summed E-state index contributed by atoms with van der Waals surface area (Å²) in [5, 5.41) is 4.90. The van der Waals surface area contributed by atoms with Crippen LogP contribution in [0.4, 0.5) is 0 Å². The van der Waals surface area contributed by atoms with Crippen molar-refractivity contribution in [2.75, 3.05) is 26.2 Å². The molecular weight excluding hydrogens is 331 g/mol. The number of benzene rings is 1. The van der Waals surface area contributed by atoms with E-state index in [4.69, 9.17) is 28.0 Å². The molecular formula is C15H21Cl3N2O. The Hall–Kier alpha value is -0.480. The Kier molecular flexibility index (Phi) is 9.09. The van der Waals surface area contributed by atoms with Crippen LogP contribution in [-0.4, -0.2) is 36.3 Å². The highest BCUT2D eigenvalue weighted by Gasteiger charge is 2.09. The van der Waals surface area contributed by atoms with E-state index in [1.165, 1.54) is 32.4 Å². The average molecular weight is 352 g/mol. The molecule has 1 aliphatic rings. The predicted octanol–water partition coefficient (Wildman–Crippen LogP) is 4.55. The van der Waals surface area contributed by atoms with Crippen molar-refractivity contribution >= 4 is 40.8 Å². The van der Waals surface area contributed by atoms with Crippen LogP contribution in [0.3, 0.4) is 0 Å². The molecule has 0 atom stereocenters. The third kappa shape index (κ3) is 6.88. The van der Waals surface area contributed by atoms with E-state index in [0.29, 0.717) is 16.8 Å². The molecule has 1 aromatic carbocycles. The first-order valence-corrected chi connectivity index (χ1v) is 7.85. The van der Waals surface area contributed by atoms with Gasteiger partial charge in [0.1, 0.15) is 6.61 Å².